The van der Waals surface area contributed by atoms with Crippen LogP contribution in [0.15, 0.2) is 34.4 Å². The molecule has 0 aromatic carbocycles. The summed E-state index contributed by atoms with van der Waals surface area (Å²) in [4.78, 5) is 24.1. The van der Waals surface area contributed by atoms with Gasteiger partial charge in [0.05, 0.1) is 12.7 Å². The molecule has 1 unspecified atom stereocenters. The molecule has 4 atom stereocenters. The van der Waals surface area contributed by atoms with Gasteiger partial charge >= 0.3 is 5.97 Å². The van der Waals surface area contributed by atoms with Crippen molar-refractivity contribution in [3.8, 4) is 0 Å². The van der Waals surface area contributed by atoms with Gasteiger partial charge in [-0.1, -0.05) is 135 Å². The van der Waals surface area contributed by atoms with Gasteiger partial charge in [0.15, 0.2) is 0 Å². The average Bonchev–Trinajstić information content (AvgIpc) is 3.27. The van der Waals surface area contributed by atoms with Gasteiger partial charge < -0.3 is 9.84 Å². The van der Waals surface area contributed by atoms with E-state index in [-0.39, 0.29) is 22.7 Å². The topological polar surface area (TPSA) is 63.6 Å². The van der Waals surface area contributed by atoms with Crippen LogP contribution < -0.4 is 0 Å². The highest BCUT2D eigenvalue weighted by Crippen LogP contribution is 2.61. The molecule has 0 aromatic rings. The molecule has 3 rings (SSSR count). The fraction of sp³-hybridized carbons (Fsp3) is 0.789. The molecule has 1 N–H and O–H groups in total. The van der Waals surface area contributed by atoms with Crippen molar-refractivity contribution in [3.63, 3.8) is 0 Å². The summed E-state index contributed by atoms with van der Waals surface area (Å²) in [5, 5.41) is 11.1. The van der Waals surface area contributed by atoms with E-state index in [1.165, 1.54) is 100 Å². The van der Waals surface area contributed by atoms with E-state index in [2.05, 4.69) is 33.8 Å². The molecule has 0 spiro atoms. The van der Waals surface area contributed by atoms with Gasteiger partial charge in [0, 0.05) is 24.2 Å². The number of hydrogen-bond donors (Lipinski definition) is 1. The second kappa shape index (κ2) is 17.6. The Labute approximate surface area is 257 Å². The molecule has 238 valence electrons. The number of carbonyl (C=O) groups is 2. The van der Waals surface area contributed by atoms with Gasteiger partial charge in [0.1, 0.15) is 6.29 Å². The first kappa shape index (κ1) is 34.8. The maximum atomic E-state index is 12.6. The van der Waals surface area contributed by atoms with Gasteiger partial charge in [-0.15, -0.1) is 0 Å². The Kier molecular flexibility index (Phi) is 14.6. The highest BCUT2D eigenvalue weighted by atomic mass is 16.5. The van der Waals surface area contributed by atoms with Crippen molar-refractivity contribution in [2.24, 2.45) is 16.7 Å². The fourth-order valence-electron chi connectivity index (χ4n) is 7.69. The maximum Gasteiger partial charge on any atom is 0.305 e. The smallest absolute Gasteiger partial charge is 0.305 e. The predicted octanol–water partition coefficient (Wildman–Crippen LogP) is 10.1. The van der Waals surface area contributed by atoms with E-state index in [9.17, 15) is 14.7 Å². The monoisotopic (exact) mass is 582 g/mol. The Balaban J connectivity index is 1.34. The van der Waals surface area contributed by atoms with Gasteiger partial charge in [-0.2, -0.15) is 0 Å². The number of hydrogen-bond acceptors (Lipinski definition) is 4. The van der Waals surface area contributed by atoms with Crippen LogP contribution in [0.1, 0.15) is 163 Å². The fourth-order valence-corrected chi connectivity index (χ4v) is 7.69. The Morgan fingerprint density at radius 1 is 0.905 bits per heavy atom. The summed E-state index contributed by atoms with van der Waals surface area (Å²) in [5.41, 5.74) is 4.34. The molecule has 0 amide bonds. The van der Waals surface area contributed by atoms with Crippen LogP contribution in [0.3, 0.4) is 0 Å². The van der Waals surface area contributed by atoms with Crippen LogP contribution >= 0.6 is 0 Å². The molecule has 0 aromatic heterocycles. The Morgan fingerprint density at radius 3 is 2.05 bits per heavy atom. The third kappa shape index (κ3) is 9.66. The Hall–Kier alpha value is -1.68. The maximum absolute atomic E-state index is 12.6. The quantitative estimate of drug-likeness (QED) is 0.0881. The summed E-state index contributed by atoms with van der Waals surface area (Å²) in [7, 11) is 0. The number of ether oxygens (including phenoxy) is 1. The SMILES string of the molecule is CCCCCCCCCCCCCCCCCC(=O)OCC(C)C1=C2C3=CC=C(C=O)C[C@H](O)[C@]3(C)CC[C@@]2(C)CC1. The van der Waals surface area contributed by atoms with E-state index in [1.54, 1.807) is 0 Å². The number of rotatable bonds is 20. The first-order valence-corrected chi connectivity index (χ1v) is 17.7. The molecule has 3 aliphatic carbocycles. The number of aldehydes is 1. The highest BCUT2D eigenvalue weighted by molar-refractivity contribution is 5.75. The van der Waals surface area contributed by atoms with Crippen LogP contribution in [0.4, 0.5) is 0 Å². The van der Waals surface area contributed by atoms with E-state index in [0.29, 0.717) is 25.0 Å². The van der Waals surface area contributed by atoms with Crippen LogP contribution in [0.5, 0.6) is 0 Å². The summed E-state index contributed by atoms with van der Waals surface area (Å²) >= 11 is 0. The van der Waals surface area contributed by atoms with E-state index >= 15 is 0 Å². The predicted molar refractivity (Wildman–Crippen MR) is 174 cm³/mol. The van der Waals surface area contributed by atoms with E-state index < -0.39 is 6.10 Å². The molecule has 4 heteroatoms. The molecule has 0 radical (unpaired) electrons. The highest BCUT2D eigenvalue weighted by Gasteiger charge is 2.51. The first-order chi connectivity index (χ1) is 20.2. The molecule has 42 heavy (non-hydrogen) atoms. The molecule has 1 fully saturated rings. The number of unbranched alkanes of at least 4 members (excludes halogenated alkanes) is 14. The van der Waals surface area contributed by atoms with Crippen LogP contribution in [0.25, 0.3) is 0 Å². The number of aliphatic hydroxyl groups excluding tert-OH is 1. The second-order valence-corrected chi connectivity index (χ2v) is 14.3. The third-order valence-electron chi connectivity index (χ3n) is 10.8. The van der Waals surface area contributed by atoms with Crippen LogP contribution in [0, 0.1) is 16.7 Å². The summed E-state index contributed by atoms with van der Waals surface area (Å²) in [6.07, 6.45) is 29.1. The summed E-state index contributed by atoms with van der Waals surface area (Å²) in [6.45, 7) is 9.40. The standard InChI is InChI=1S/C38H62O4/c1-5-6-7-8-9-10-11-12-13-14-15-16-17-18-19-20-35(41)42-29-30(2)32-23-24-37(3)25-26-38(4)33(36(32)37)22-21-31(28-39)27-34(38)40/h21-22,28,30,34,40H,5-20,23-27,29H2,1-4H3/t30?,34-,37+,38+/m0/s1. The number of carbonyl (C=O) groups excluding carboxylic acids is 2. The van der Waals surface area contributed by atoms with E-state index in [0.717, 1.165) is 44.8 Å². The van der Waals surface area contributed by atoms with Gasteiger partial charge in [0.2, 0.25) is 0 Å². The molecule has 4 nitrogen and oxygen atoms in total. The van der Waals surface area contributed by atoms with Crippen molar-refractivity contribution >= 4 is 12.3 Å². The lowest BCUT2D eigenvalue weighted by Crippen LogP contribution is -2.41. The molecular weight excluding hydrogens is 520 g/mol. The van der Waals surface area contributed by atoms with E-state index in [1.807, 2.05) is 6.08 Å². The van der Waals surface area contributed by atoms with Crippen LogP contribution in [-0.4, -0.2) is 30.1 Å². The average molecular weight is 583 g/mol. The van der Waals surface area contributed by atoms with Crippen molar-refractivity contribution in [2.75, 3.05) is 6.61 Å². The summed E-state index contributed by atoms with van der Waals surface area (Å²) < 4.78 is 5.79. The van der Waals surface area contributed by atoms with Gasteiger partial charge in [-0.05, 0) is 54.2 Å². The minimum atomic E-state index is -0.565. The largest absolute Gasteiger partial charge is 0.465 e. The normalized spacial score (nSPS) is 26.2. The molecular formula is C38H62O4. The minimum Gasteiger partial charge on any atom is -0.465 e. The van der Waals surface area contributed by atoms with Gasteiger partial charge in [0.25, 0.3) is 0 Å². The third-order valence-corrected chi connectivity index (χ3v) is 10.8. The van der Waals surface area contributed by atoms with Crippen LogP contribution in [-0.2, 0) is 14.3 Å². The van der Waals surface area contributed by atoms with Gasteiger partial charge in [-0.25, -0.2) is 0 Å². The number of esters is 1. The van der Waals surface area contributed by atoms with Crippen molar-refractivity contribution in [3.05, 3.63) is 34.4 Å². The van der Waals surface area contributed by atoms with Crippen molar-refractivity contribution in [1.29, 1.82) is 0 Å². The van der Waals surface area contributed by atoms with Crippen molar-refractivity contribution < 1.29 is 19.4 Å². The number of allylic oxidation sites excluding steroid dienone is 3. The Bertz CT molecular complexity index is 958. The second-order valence-electron chi connectivity index (χ2n) is 14.3. The van der Waals surface area contributed by atoms with Crippen molar-refractivity contribution in [1.82, 2.24) is 0 Å². The zero-order valence-corrected chi connectivity index (χ0v) is 27.6. The lowest BCUT2D eigenvalue weighted by atomic mass is 9.57. The van der Waals surface area contributed by atoms with E-state index in [4.69, 9.17) is 4.74 Å². The molecule has 0 saturated heterocycles. The molecule has 1 saturated carbocycles. The Morgan fingerprint density at radius 2 is 1.48 bits per heavy atom. The van der Waals surface area contributed by atoms with Crippen molar-refractivity contribution in [2.45, 2.75) is 169 Å². The molecule has 0 aliphatic heterocycles. The van der Waals surface area contributed by atoms with Gasteiger partial charge in [-0.3, -0.25) is 9.59 Å². The molecule has 3 aliphatic rings. The minimum absolute atomic E-state index is 0.0703. The summed E-state index contributed by atoms with van der Waals surface area (Å²) in [6, 6.07) is 0. The molecule has 0 bridgehead atoms. The first-order valence-electron chi connectivity index (χ1n) is 17.7. The lowest BCUT2D eigenvalue weighted by molar-refractivity contribution is -0.144. The molecule has 0 heterocycles. The lowest BCUT2D eigenvalue weighted by Gasteiger charge is -2.48. The zero-order valence-electron chi connectivity index (χ0n) is 27.6. The zero-order chi connectivity index (χ0) is 30.4. The summed E-state index contributed by atoms with van der Waals surface area (Å²) in [5.74, 6) is 0.0871. The number of fused-ring (bicyclic) bond motifs is 3. The van der Waals surface area contributed by atoms with Crippen LogP contribution in [0.2, 0.25) is 0 Å². The number of aliphatic hydroxyl groups is 1.